The zero-order chi connectivity index (χ0) is 17.3. The lowest BCUT2D eigenvalue weighted by Crippen LogP contribution is -2.29. The third-order valence-electron chi connectivity index (χ3n) is 3.67. The average Bonchev–Trinajstić information content (AvgIpc) is 3.11. The average molecular weight is 362 g/mol. The van der Waals surface area contributed by atoms with Crippen LogP contribution in [0.15, 0.2) is 34.8 Å². The summed E-state index contributed by atoms with van der Waals surface area (Å²) >= 11 is 2.95. The van der Waals surface area contributed by atoms with Crippen LogP contribution in [0.2, 0.25) is 0 Å². The summed E-state index contributed by atoms with van der Waals surface area (Å²) in [5.74, 6) is 0.291. The van der Waals surface area contributed by atoms with Gasteiger partial charge in [-0.3, -0.25) is 4.79 Å². The summed E-state index contributed by atoms with van der Waals surface area (Å²) in [6.45, 7) is 6.33. The third-order valence-corrected chi connectivity index (χ3v) is 5.48. The Kier molecular flexibility index (Phi) is 4.64. The Balaban J connectivity index is 1.63. The van der Waals surface area contributed by atoms with E-state index in [0.29, 0.717) is 10.9 Å². The maximum absolute atomic E-state index is 12.2. The first kappa shape index (κ1) is 17.0. The van der Waals surface area contributed by atoms with Crippen LogP contribution in [0.3, 0.4) is 0 Å². The van der Waals surface area contributed by atoms with Crippen molar-refractivity contribution in [2.24, 2.45) is 7.05 Å². The lowest BCUT2D eigenvalue weighted by atomic mass is 9.93. The molecule has 3 rings (SSSR count). The zero-order valence-electron chi connectivity index (χ0n) is 14.2. The number of thioether (sulfide) groups is 1. The second kappa shape index (κ2) is 6.57. The smallest absolute Gasteiger partial charge is 0.301 e. The number of carbonyl (C=O) groups excluding carboxylic acids is 1. The van der Waals surface area contributed by atoms with Crippen molar-refractivity contribution in [1.82, 2.24) is 9.97 Å². The van der Waals surface area contributed by atoms with Gasteiger partial charge in [0.25, 0.3) is 0 Å². The minimum absolute atomic E-state index is 0.00760. The molecule has 0 saturated carbocycles. The van der Waals surface area contributed by atoms with Gasteiger partial charge >= 0.3 is 5.16 Å². The molecule has 1 aromatic carbocycles. The summed E-state index contributed by atoms with van der Waals surface area (Å²) in [7, 11) is 2.00. The number of imidazole rings is 1. The van der Waals surface area contributed by atoms with E-state index >= 15 is 0 Å². The van der Waals surface area contributed by atoms with Gasteiger partial charge in [0.05, 0.1) is 18.5 Å². The summed E-state index contributed by atoms with van der Waals surface area (Å²) < 4.78 is 2.06. The summed E-state index contributed by atoms with van der Waals surface area (Å²) in [4.78, 5) is 20.0. The van der Waals surface area contributed by atoms with E-state index in [2.05, 4.69) is 46.7 Å². The van der Waals surface area contributed by atoms with Gasteiger partial charge in [-0.25, -0.2) is 14.5 Å². The minimum atomic E-state index is -0.0477. The van der Waals surface area contributed by atoms with Gasteiger partial charge in [-0.15, -0.1) is 11.3 Å². The number of benzene rings is 1. The molecule has 0 fully saturated rings. The number of para-hydroxylation sites is 2. The van der Waals surface area contributed by atoms with Gasteiger partial charge in [-0.1, -0.05) is 32.9 Å². The predicted molar refractivity (Wildman–Crippen MR) is 99.6 cm³/mol. The quantitative estimate of drug-likeness (QED) is 0.552. The Morgan fingerprint density at radius 2 is 2.12 bits per heavy atom. The Morgan fingerprint density at radius 1 is 1.38 bits per heavy atom. The SMILES string of the molecule is C[n+]1c(SCC(=O)Nc2nc(C(C)(C)C)cs2)[nH]c2ccccc21. The van der Waals surface area contributed by atoms with E-state index in [9.17, 15) is 4.79 Å². The van der Waals surface area contributed by atoms with E-state index in [4.69, 9.17) is 0 Å². The molecule has 24 heavy (non-hydrogen) atoms. The van der Waals surface area contributed by atoms with Crippen LogP contribution in [0.5, 0.6) is 0 Å². The van der Waals surface area contributed by atoms with Crippen LogP contribution in [0.1, 0.15) is 26.5 Å². The topological polar surface area (TPSA) is 61.7 Å². The second-order valence-corrected chi connectivity index (χ2v) is 8.45. The van der Waals surface area contributed by atoms with Gasteiger partial charge in [-0.2, -0.15) is 0 Å². The molecule has 2 N–H and O–H groups in total. The number of H-pyrrole nitrogens is 1. The number of aromatic amines is 1. The number of thiazole rings is 1. The molecule has 1 amide bonds. The fourth-order valence-corrected chi connectivity index (χ4v) is 4.05. The molecule has 2 aromatic heterocycles. The fourth-order valence-electron chi connectivity index (χ4n) is 2.28. The number of fused-ring (bicyclic) bond motifs is 1. The standard InChI is InChI=1S/C17H20N4OS2/c1-17(2,3)13-9-23-15(19-13)20-14(22)10-24-16-18-11-7-5-6-8-12(11)21(16)4/h5-9H,10H2,1-4H3,(H,19,20,22)/p+1. The molecular weight excluding hydrogens is 340 g/mol. The number of carbonyl (C=O) groups is 1. The van der Waals surface area contributed by atoms with Crippen LogP contribution in [-0.2, 0) is 17.3 Å². The Bertz CT molecular complexity index is 876. The summed E-state index contributed by atoms with van der Waals surface area (Å²) in [5.41, 5.74) is 3.18. The van der Waals surface area contributed by atoms with Crippen molar-refractivity contribution in [3.05, 3.63) is 35.3 Å². The van der Waals surface area contributed by atoms with Gasteiger partial charge < -0.3 is 5.32 Å². The van der Waals surface area contributed by atoms with Gasteiger partial charge in [-0.05, 0) is 23.9 Å². The molecule has 0 saturated heterocycles. The third kappa shape index (κ3) is 3.62. The maximum Gasteiger partial charge on any atom is 0.317 e. The van der Waals surface area contributed by atoms with E-state index in [1.54, 1.807) is 0 Å². The highest BCUT2D eigenvalue weighted by molar-refractivity contribution is 7.99. The van der Waals surface area contributed by atoms with Crippen molar-refractivity contribution in [3.8, 4) is 0 Å². The van der Waals surface area contributed by atoms with Crippen molar-refractivity contribution in [2.75, 3.05) is 11.1 Å². The first-order valence-corrected chi connectivity index (χ1v) is 9.56. The molecule has 0 unspecified atom stereocenters. The van der Waals surface area contributed by atoms with Crippen molar-refractivity contribution >= 4 is 45.2 Å². The van der Waals surface area contributed by atoms with Crippen molar-refractivity contribution < 1.29 is 9.36 Å². The van der Waals surface area contributed by atoms with Crippen LogP contribution in [0.25, 0.3) is 11.0 Å². The number of amides is 1. The molecule has 0 aliphatic heterocycles. The van der Waals surface area contributed by atoms with Crippen LogP contribution in [0, 0.1) is 0 Å². The molecule has 5 nitrogen and oxygen atoms in total. The van der Waals surface area contributed by atoms with Gasteiger partial charge in [0.2, 0.25) is 5.91 Å². The highest BCUT2D eigenvalue weighted by Gasteiger charge is 2.19. The van der Waals surface area contributed by atoms with Crippen LogP contribution in [0.4, 0.5) is 5.13 Å². The molecular formula is C17H21N4OS2+. The van der Waals surface area contributed by atoms with E-state index in [1.165, 1.54) is 23.1 Å². The number of rotatable bonds is 4. The predicted octanol–water partition coefficient (Wildman–Crippen LogP) is 3.48. The number of aromatic nitrogens is 3. The number of hydrogen-bond acceptors (Lipinski definition) is 4. The van der Waals surface area contributed by atoms with Gasteiger partial charge in [0.15, 0.2) is 16.2 Å². The van der Waals surface area contributed by atoms with Crippen LogP contribution < -0.4 is 9.88 Å². The van der Waals surface area contributed by atoms with E-state index in [1.807, 2.05) is 30.6 Å². The monoisotopic (exact) mass is 361 g/mol. The number of aryl methyl sites for hydroxylation is 1. The van der Waals surface area contributed by atoms with Crippen molar-refractivity contribution in [1.29, 1.82) is 0 Å². The molecule has 0 spiro atoms. The van der Waals surface area contributed by atoms with E-state index in [-0.39, 0.29) is 11.3 Å². The first-order chi connectivity index (χ1) is 11.3. The van der Waals surface area contributed by atoms with Gasteiger partial charge in [0, 0.05) is 10.8 Å². The minimum Gasteiger partial charge on any atom is -0.301 e. The van der Waals surface area contributed by atoms with Crippen molar-refractivity contribution in [2.45, 2.75) is 31.3 Å². The number of hydrogen-bond donors (Lipinski definition) is 2. The summed E-state index contributed by atoms with van der Waals surface area (Å²) in [6.07, 6.45) is 0. The fraction of sp³-hybridized carbons (Fsp3) is 0.353. The summed E-state index contributed by atoms with van der Waals surface area (Å²) in [6, 6.07) is 8.09. The molecule has 0 radical (unpaired) electrons. The second-order valence-electron chi connectivity index (χ2n) is 6.63. The summed E-state index contributed by atoms with van der Waals surface area (Å²) in [5, 5.41) is 6.50. The molecule has 3 aromatic rings. The Hall–Kier alpha value is -1.86. The normalized spacial score (nSPS) is 11.8. The maximum atomic E-state index is 12.2. The molecule has 2 heterocycles. The number of nitrogens with one attached hydrogen (secondary N) is 2. The Labute approximate surface area is 149 Å². The lowest BCUT2D eigenvalue weighted by Gasteiger charge is -2.14. The molecule has 0 aliphatic carbocycles. The molecule has 7 heteroatoms. The molecule has 0 bridgehead atoms. The van der Waals surface area contributed by atoms with Crippen LogP contribution in [-0.4, -0.2) is 21.6 Å². The number of nitrogens with zero attached hydrogens (tertiary/aromatic N) is 2. The van der Waals surface area contributed by atoms with E-state index in [0.717, 1.165) is 21.9 Å². The van der Waals surface area contributed by atoms with Crippen LogP contribution >= 0.6 is 23.1 Å². The first-order valence-electron chi connectivity index (χ1n) is 7.70. The largest absolute Gasteiger partial charge is 0.317 e. The Morgan fingerprint density at radius 3 is 2.79 bits per heavy atom. The highest BCUT2D eigenvalue weighted by Crippen LogP contribution is 2.26. The molecule has 0 atom stereocenters. The van der Waals surface area contributed by atoms with E-state index < -0.39 is 0 Å². The molecule has 126 valence electrons. The molecule has 0 aliphatic rings. The highest BCUT2D eigenvalue weighted by atomic mass is 32.2. The lowest BCUT2D eigenvalue weighted by molar-refractivity contribution is -0.683. The zero-order valence-corrected chi connectivity index (χ0v) is 15.8. The van der Waals surface area contributed by atoms with Crippen molar-refractivity contribution in [3.63, 3.8) is 0 Å². The number of anilines is 1. The van der Waals surface area contributed by atoms with Gasteiger partial charge in [0.1, 0.15) is 0 Å².